The quantitative estimate of drug-likeness (QED) is 0.631. The van der Waals surface area contributed by atoms with Gasteiger partial charge in [-0.2, -0.15) is 14.9 Å². The molecule has 0 saturated carbocycles. The Kier molecular flexibility index (Phi) is 4.84. The first-order chi connectivity index (χ1) is 9.90. The fraction of sp³-hybridized carbons (Fsp3) is 0.571. The van der Waals surface area contributed by atoms with E-state index in [1.807, 2.05) is 32.4 Å². The van der Waals surface area contributed by atoms with Crippen LogP contribution in [0.3, 0.4) is 0 Å². The van der Waals surface area contributed by atoms with Gasteiger partial charge in [0.2, 0.25) is 0 Å². The van der Waals surface area contributed by atoms with Crippen LogP contribution in [0.25, 0.3) is 5.82 Å². The molecule has 2 rings (SSSR count). The SMILES string of the molecule is CNc1c(C)cnn1-c1ccn(COCC[Si](C)(C)C)n1. The molecule has 0 amide bonds. The molecule has 0 unspecified atom stereocenters. The minimum absolute atomic E-state index is 0.486. The van der Waals surface area contributed by atoms with E-state index in [2.05, 4.69) is 35.2 Å². The predicted octanol–water partition coefficient (Wildman–Crippen LogP) is 2.73. The van der Waals surface area contributed by atoms with Crippen LogP contribution >= 0.6 is 0 Å². The van der Waals surface area contributed by atoms with Gasteiger partial charge in [-0.3, -0.25) is 0 Å². The summed E-state index contributed by atoms with van der Waals surface area (Å²) in [6, 6.07) is 3.11. The van der Waals surface area contributed by atoms with Crippen LogP contribution in [0.15, 0.2) is 18.5 Å². The highest BCUT2D eigenvalue weighted by Gasteiger charge is 2.13. The number of nitrogens with one attached hydrogen (secondary N) is 1. The van der Waals surface area contributed by atoms with Crippen molar-refractivity contribution >= 4 is 13.9 Å². The Bertz CT molecular complexity index is 584. The van der Waals surface area contributed by atoms with Gasteiger partial charge in [-0.05, 0) is 13.0 Å². The van der Waals surface area contributed by atoms with Gasteiger partial charge < -0.3 is 10.1 Å². The molecule has 21 heavy (non-hydrogen) atoms. The summed E-state index contributed by atoms with van der Waals surface area (Å²) in [5, 5.41) is 12.0. The molecule has 0 radical (unpaired) electrons. The lowest BCUT2D eigenvalue weighted by Crippen LogP contribution is -2.22. The van der Waals surface area contributed by atoms with Gasteiger partial charge in [-0.1, -0.05) is 19.6 Å². The molecule has 116 valence electrons. The summed E-state index contributed by atoms with van der Waals surface area (Å²) in [6.45, 7) is 10.4. The third-order valence-electron chi connectivity index (χ3n) is 3.25. The summed E-state index contributed by atoms with van der Waals surface area (Å²) in [6.07, 6.45) is 3.75. The second kappa shape index (κ2) is 6.44. The van der Waals surface area contributed by atoms with Gasteiger partial charge >= 0.3 is 0 Å². The van der Waals surface area contributed by atoms with Gasteiger partial charge in [0.1, 0.15) is 12.5 Å². The van der Waals surface area contributed by atoms with E-state index in [1.54, 1.807) is 9.36 Å². The standard InChI is InChI=1S/C14H25N5OSi/c1-12-10-16-19(14(12)15-2)13-6-7-18(17-13)11-20-8-9-21(3,4)5/h6-7,10,15H,8-9,11H2,1-5H3. The molecular weight excluding hydrogens is 282 g/mol. The summed E-state index contributed by atoms with van der Waals surface area (Å²) in [5.74, 6) is 1.75. The van der Waals surface area contributed by atoms with E-state index in [1.165, 1.54) is 6.04 Å². The smallest absolute Gasteiger partial charge is 0.177 e. The molecule has 2 heterocycles. The first-order valence-electron chi connectivity index (χ1n) is 7.25. The fourth-order valence-electron chi connectivity index (χ4n) is 1.98. The zero-order valence-corrected chi connectivity index (χ0v) is 14.6. The maximum absolute atomic E-state index is 5.70. The number of hydrogen-bond donors (Lipinski definition) is 1. The fourth-order valence-corrected chi connectivity index (χ4v) is 2.74. The van der Waals surface area contributed by atoms with Crippen molar-refractivity contribution in [3.63, 3.8) is 0 Å². The van der Waals surface area contributed by atoms with Gasteiger partial charge in [-0.15, -0.1) is 0 Å². The number of anilines is 1. The Morgan fingerprint density at radius 3 is 2.76 bits per heavy atom. The van der Waals surface area contributed by atoms with Crippen LogP contribution in [0.4, 0.5) is 5.82 Å². The molecule has 0 atom stereocenters. The van der Waals surface area contributed by atoms with Gasteiger partial charge in [-0.25, -0.2) is 4.68 Å². The lowest BCUT2D eigenvalue weighted by atomic mass is 10.4. The third kappa shape index (κ3) is 4.18. The number of nitrogens with zero attached hydrogens (tertiary/aromatic N) is 4. The molecule has 2 aromatic heterocycles. The Labute approximate surface area is 127 Å². The van der Waals surface area contributed by atoms with Crippen molar-refractivity contribution in [2.75, 3.05) is 19.0 Å². The second-order valence-corrected chi connectivity index (χ2v) is 12.0. The normalized spacial score (nSPS) is 11.9. The molecule has 0 bridgehead atoms. The summed E-state index contributed by atoms with van der Waals surface area (Å²) in [7, 11) is 0.856. The van der Waals surface area contributed by atoms with E-state index in [9.17, 15) is 0 Å². The highest BCUT2D eigenvalue weighted by molar-refractivity contribution is 6.76. The molecule has 1 N–H and O–H groups in total. The molecular formula is C14H25N5OSi. The Balaban J connectivity index is 1.95. The molecule has 0 fully saturated rings. The van der Waals surface area contributed by atoms with Gasteiger partial charge in [0, 0.05) is 39.6 Å². The Hall–Kier alpha value is -1.60. The number of aromatic nitrogens is 4. The molecule has 6 nitrogen and oxygen atoms in total. The third-order valence-corrected chi connectivity index (χ3v) is 4.96. The molecule has 2 aromatic rings. The second-order valence-electron chi connectivity index (χ2n) is 6.40. The molecule has 0 spiro atoms. The largest absolute Gasteiger partial charge is 0.373 e. The maximum atomic E-state index is 5.70. The summed E-state index contributed by atoms with van der Waals surface area (Å²) in [4.78, 5) is 0. The van der Waals surface area contributed by atoms with Gasteiger partial charge in [0.25, 0.3) is 0 Å². The zero-order valence-electron chi connectivity index (χ0n) is 13.6. The number of aryl methyl sites for hydroxylation is 1. The van der Waals surface area contributed by atoms with Crippen LogP contribution in [-0.2, 0) is 11.5 Å². The Morgan fingerprint density at radius 1 is 1.33 bits per heavy atom. The van der Waals surface area contributed by atoms with Crippen molar-refractivity contribution in [2.24, 2.45) is 0 Å². The van der Waals surface area contributed by atoms with E-state index in [0.717, 1.165) is 23.8 Å². The minimum Gasteiger partial charge on any atom is -0.373 e. The number of hydrogen-bond acceptors (Lipinski definition) is 4. The number of rotatable bonds is 7. The maximum Gasteiger partial charge on any atom is 0.177 e. The van der Waals surface area contributed by atoms with E-state index >= 15 is 0 Å². The van der Waals surface area contributed by atoms with E-state index in [0.29, 0.717) is 6.73 Å². The number of ether oxygens (including phenoxy) is 1. The van der Waals surface area contributed by atoms with E-state index in [4.69, 9.17) is 4.74 Å². The monoisotopic (exact) mass is 307 g/mol. The summed E-state index contributed by atoms with van der Waals surface area (Å²) in [5.41, 5.74) is 1.10. The first kappa shape index (κ1) is 15.8. The molecule has 0 aliphatic carbocycles. The highest BCUT2D eigenvalue weighted by atomic mass is 28.3. The van der Waals surface area contributed by atoms with Crippen LogP contribution in [0.5, 0.6) is 0 Å². The topological polar surface area (TPSA) is 56.9 Å². The molecule has 0 saturated heterocycles. The summed E-state index contributed by atoms with van der Waals surface area (Å²) >= 11 is 0. The highest BCUT2D eigenvalue weighted by Crippen LogP contribution is 2.17. The molecule has 0 aliphatic heterocycles. The van der Waals surface area contributed by atoms with E-state index in [-0.39, 0.29) is 0 Å². The van der Waals surface area contributed by atoms with Crippen LogP contribution in [0.2, 0.25) is 25.7 Å². The molecule has 7 heteroatoms. The first-order valence-corrected chi connectivity index (χ1v) is 11.0. The van der Waals surface area contributed by atoms with Crippen molar-refractivity contribution in [3.05, 3.63) is 24.0 Å². The van der Waals surface area contributed by atoms with E-state index < -0.39 is 8.07 Å². The lowest BCUT2D eigenvalue weighted by molar-refractivity contribution is 0.0785. The minimum atomic E-state index is -1.03. The average Bonchev–Trinajstić information content (AvgIpc) is 2.99. The van der Waals surface area contributed by atoms with Crippen LogP contribution in [0.1, 0.15) is 5.56 Å². The molecule has 0 aromatic carbocycles. The van der Waals surface area contributed by atoms with Crippen molar-refractivity contribution in [1.29, 1.82) is 0 Å². The predicted molar refractivity (Wildman–Crippen MR) is 87.7 cm³/mol. The average molecular weight is 307 g/mol. The zero-order chi connectivity index (χ0) is 15.5. The van der Waals surface area contributed by atoms with Gasteiger partial charge in [0.05, 0.1) is 6.20 Å². The Morgan fingerprint density at radius 2 is 2.10 bits per heavy atom. The summed E-state index contributed by atoms with van der Waals surface area (Å²) < 4.78 is 9.30. The van der Waals surface area contributed by atoms with Crippen molar-refractivity contribution in [3.8, 4) is 5.82 Å². The lowest BCUT2D eigenvalue weighted by Gasteiger charge is -2.15. The van der Waals surface area contributed by atoms with Crippen molar-refractivity contribution in [1.82, 2.24) is 19.6 Å². The van der Waals surface area contributed by atoms with Crippen molar-refractivity contribution in [2.45, 2.75) is 39.3 Å². The van der Waals surface area contributed by atoms with Crippen LogP contribution in [0, 0.1) is 6.92 Å². The van der Waals surface area contributed by atoms with Crippen LogP contribution < -0.4 is 5.32 Å². The van der Waals surface area contributed by atoms with Crippen LogP contribution in [-0.4, -0.2) is 41.3 Å². The van der Waals surface area contributed by atoms with Crippen molar-refractivity contribution < 1.29 is 4.74 Å². The molecule has 0 aliphatic rings. The van der Waals surface area contributed by atoms with Gasteiger partial charge in [0.15, 0.2) is 5.82 Å².